The maximum absolute atomic E-state index is 5.81. The third-order valence-electron chi connectivity index (χ3n) is 3.19. The average Bonchev–Trinajstić information content (AvgIpc) is 2.79. The Labute approximate surface area is 97.8 Å². The molecule has 0 aromatic carbocycles. The Morgan fingerprint density at radius 3 is 2.81 bits per heavy atom. The van der Waals surface area contributed by atoms with Crippen molar-refractivity contribution in [2.75, 3.05) is 27.2 Å². The van der Waals surface area contributed by atoms with Gasteiger partial charge in [0.25, 0.3) is 0 Å². The maximum Gasteiger partial charge on any atom is 0.117 e. The van der Waals surface area contributed by atoms with E-state index in [9.17, 15) is 0 Å². The lowest BCUT2D eigenvalue weighted by Gasteiger charge is -2.09. The van der Waals surface area contributed by atoms with Gasteiger partial charge in [-0.1, -0.05) is 6.92 Å². The van der Waals surface area contributed by atoms with Crippen molar-refractivity contribution >= 4 is 0 Å². The van der Waals surface area contributed by atoms with Crippen LogP contribution in [0.5, 0.6) is 0 Å². The largest absolute Gasteiger partial charge is 0.464 e. The first-order chi connectivity index (χ1) is 7.66. The molecule has 0 amide bonds. The number of rotatable bonds is 6. The lowest BCUT2D eigenvalue weighted by Crippen LogP contribution is -2.26. The van der Waals surface area contributed by atoms with Crippen molar-refractivity contribution in [2.24, 2.45) is 5.92 Å². The second-order valence-electron chi connectivity index (χ2n) is 5.10. The van der Waals surface area contributed by atoms with E-state index in [1.807, 2.05) is 0 Å². The molecule has 3 heteroatoms. The molecule has 2 rings (SSSR count). The molecule has 0 radical (unpaired) electrons. The van der Waals surface area contributed by atoms with Gasteiger partial charge in [-0.15, -0.1) is 0 Å². The lowest BCUT2D eigenvalue weighted by molar-refractivity contribution is 0.388. The molecule has 2 atom stereocenters. The van der Waals surface area contributed by atoms with Gasteiger partial charge in [-0.05, 0) is 38.6 Å². The predicted octanol–water partition coefficient (Wildman–Crippen LogP) is 2.05. The number of likely N-dealkylation sites (N-methyl/N-ethyl adjacent to an activating group) is 1. The topological polar surface area (TPSA) is 28.4 Å². The molecule has 0 bridgehead atoms. The van der Waals surface area contributed by atoms with E-state index < -0.39 is 0 Å². The first kappa shape index (κ1) is 11.7. The fraction of sp³-hybridized carbons (Fsp3) is 0.692. The zero-order valence-corrected chi connectivity index (χ0v) is 10.5. The second kappa shape index (κ2) is 5.02. The van der Waals surface area contributed by atoms with E-state index in [0.29, 0.717) is 5.92 Å². The van der Waals surface area contributed by atoms with Gasteiger partial charge in [-0.2, -0.15) is 0 Å². The molecule has 1 aliphatic carbocycles. The SMILES string of the molecule is C[C@H]1C[C@H]1c1ccc(CNCCN(C)C)o1. The van der Waals surface area contributed by atoms with Crippen LogP contribution in [0.2, 0.25) is 0 Å². The first-order valence-corrected chi connectivity index (χ1v) is 6.11. The molecule has 16 heavy (non-hydrogen) atoms. The molecule has 1 N–H and O–H groups in total. The minimum Gasteiger partial charge on any atom is -0.464 e. The van der Waals surface area contributed by atoms with E-state index in [-0.39, 0.29) is 0 Å². The zero-order chi connectivity index (χ0) is 11.5. The van der Waals surface area contributed by atoms with Crippen molar-refractivity contribution in [2.45, 2.75) is 25.8 Å². The summed E-state index contributed by atoms with van der Waals surface area (Å²) in [7, 11) is 4.17. The fourth-order valence-electron chi connectivity index (χ4n) is 1.92. The van der Waals surface area contributed by atoms with Crippen LogP contribution in [-0.2, 0) is 6.54 Å². The summed E-state index contributed by atoms with van der Waals surface area (Å²) < 4.78 is 5.81. The van der Waals surface area contributed by atoms with Crippen LogP contribution in [0.1, 0.15) is 30.8 Å². The third kappa shape index (κ3) is 3.09. The highest BCUT2D eigenvalue weighted by Crippen LogP contribution is 2.47. The zero-order valence-electron chi connectivity index (χ0n) is 10.5. The quantitative estimate of drug-likeness (QED) is 0.747. The highest BCUT2D eigenvalue weighted by atomic mass is 16.3. The molecule has 1 saturated carbocycles. The fourth-order valence-corrected chi connectivity index (χ4v) is 1.92. The molecule has 1 heterocycles. The van der Waals surface area contributed by atoms with Gasteiger partial charge < -0.3 is 14.6 Å². The minimum atomic E-state index is 0.690. The summed E-state index contributed by atoms with van der Waals surface area (Å²) in [6, 6.07) is 4.24. The normalized spacial score (nSPS) is 24.0. The molecule has 0 spiro atoms. The molecular weight excluding hydrogens is 200 g/mol. The molecule has 1 aliphatic rings. The first-order valence-electron chi connectivity index (χ1n) is 6.11. The van der Waals surface area contributed by atoms with Gasteiger partial charge in [0, 0.05) is 19.0 Å². The Hall–Kier alpha value is -0.800. The molecule has 90 valence electrons. The average molecular weight is 222 g/mol. The Kier molecular flexibility index (Phi) is 3.66. The van der Waals surface area contributed by atoms with Crippen LogP contribution in [0.3, 0.4) is 0 Å². The molecule has 0 saturated heterocycles. The number of nitrogens with one attached hydrogen (secondary N) is 1. The smallest absolute Gasteiger partial charge is 0.117 e. The van der Waals surface area contributed by atoms with Crippen molar-refractivity contribution < 1.29 is 4.42 Å². The molecular formula is C13H22N2O. The van der Waals surface area contributed by atoms with Crippen LogP contribution in [0, 0.1) is 5.92 Å². The Bertz CT molecular complexity index is 332. The summed E-state index contributed by atoms with van der Waals surface area (Å²) in [5.41, 5.74) is 0. The Balaban J connectivity index is 1.71. The molecule has 1 aromatic rings. The van der Waals surface area contributed by atoms with E-state index >= 15 is 0 Å². The molecule has 0 unspecified atom stereocenters. The predicted molar refractivity (Wildman–Crippen MR) is 65.5 cm³/mol. The number of furan rings is 1. The van der Waals surface area contributed by atoms with Gasteiger partial charge in [0.15, 0.2) is 0 Å². The van der Waals surface area contributed by atoms with E-state index in [1.54, 1.807) is 0 Å². The summed E-state index contributed by atoms with van der Waals surface area (Å²) in [5, 5.41) is 3.38. The van der Waals surface area contributed by atoms with Crippen molar-refractivity contribution in [1.82, 2.24) is 10.2 Å². The van der Waals surface area contributed by atoms with Crippen LogP contribution >= 0.6 is 0 Å². The van der Waals surface area contributed by atoms with E-state index in [1.165, 1.54) is 12.2 Å². The van der Waals surface area contributed by atoms with E-state index in [4.69, 9.17) is 4.42 Å². The highest BCUT2D eigenvalue weighted by molar-refractivity contribution is 5.17. The van der Waals surface area contributed by atoms with Crippen LogP contribution < -0.4 is 5.32 Å². The highest BCUT2D eigenvalue weighted by Gasteiger charge is 2.36. The van der Waals surface area contributed by atoms with Crippen molar-refractivity contribution in [3.63, 3.8) is 0 Å². The number of hydrogen-bond donors (Lipinski definition) is 1. The summed E-state index contributed by atoms with van der Waals surface area (Å²) in [6.45, 7) is 5.19. The van der Waals surface area contributed by atoms with Gasteiger partial charge in [-0.25, -0.2) is 0 Å². The van der Waals surface area contributed by atoms with Crippen LogP contribution in [0.15, 0.2) is 16.5 Å². The van der Waals surface area contributed by atoms with E-state index in [2.05, 4.69) is 43.4 Å². The maximum atomic E-state index is 5.81. The second-order valence-corrected chi connectivity index (χ2v) is 5.10. The summed E-state index contributed by atoms with van der Waals surface area (Å²) in [6.07, 6.45) is 1.29. The third-order valence-corrected chi connectivity index (χ3v) is 3.19. The van der Waals surface area contributed by atoms with Gasteiger partial charge in [-0.3, -0.25) is 0 Å². The summed E-state index contributed by atoms with van der Waals surface area (Å²) in [5.74, 6) is 3.75. The van der Waals surface area contributed by atoms with Crippen molar-refractivity contribution in [1.29, 1.82) is 0 Å². The number of nitrogens with zero attached hydrogens (tertiary/aromatic N) is 1. The summed E-state index contributed by atoms with van der Waals surface area (Å²) in [4.78, 5) is 2.17. The molecule has 3 nitrogen and oxygen atoms in total. The Morgan fingerprint density at radius 1 is 1.44 bits per heavy atom. The molecule has 0 aliphatic heterocycles. The summed E-state index contributed by atoms with van der Waals surface area (Å²) >= 11 is 0. The van der Waals surface area contributed by atoms with Crippen LogP contribution in [-0.4, -0.2) is 32.1 Å². The Morgan fingerprint density at radius 2 is 2.19 bits per heavy atom. The standard InChI is InChI=1S/C13H22N2O/c1-10-8-12(10)13-5-4-11(16-13)9-14-6-7-15(2)3/h4-5,10,12,14H,6-9H2,1-3H3/t10-,12+/m0/s1. The lowest BCUT2D eigenvalue weighted by atomic mass is 10.3. The van der Waals surface area contributed by atoms with Crippen molar-refractivity contribution in [3.05, 3.63) is 23.7 Å². The van der Waals surface area contributed by atoms with Gasteiger partial charge >= 0.3 is 0 Å². The molecule has 1 aromatic heterocycles. The minimum absolute atomic E-state index is 0.690. The van der Waals surface area contributed by atoms with E-state index in [0.717, 1.165) is 31.3 Å². The number of hydrogen-bond acceptors (Lipinski definition) is 3. The molecule has 1 fully saturated rings. The van der Waals surface area contributed by atoms with Crippen molar-refractivity contribution in [3.8, 4) is 0 Å². The van der Waals surface area contributed by atoms with Crippen LogP contribution in [0.4, 0.5) is 0 Å². The van der Waals surface area contributed by atoms with Gasteiger partial charge in [0.1, 0.15) is 11.5 Å². The van der Waals surface area contributed by atoms with Gasteiger partial charge in [0.05, 0.1) is 6.54 Å². The van der Waals surface area contributed by atoms with Crippen LogP contribution in [0.25, 0.3) is 0 Å². The van der Waals surface area contributed by atoms with Gasteiger partial charge in [0.2, 0.25) is 0 Å². The monoisotopic (exact) mass is 222 g/mol.